The molecule has 146 valence electrons. The Morgan fingerprint density at radius 3 is 2.61 bits per heavy atom. The number of benzene rings is 2. The molecule has 0 unspecified atom stereocenters. The third-order valence-electron chi connectivity index (χ3n) is 4.30. The maximum Gasteiger partial charge on any atom is 0.263 e. The molecule has 1 atom stereocenters. The molecule has 1 amide bonds. The highest BCUT2D eigenvalue weighted by atomic mass is 35.5. The van der Waals surface area contributed by atoms with Gasteiger partial charge in [-0.25, -0.2) is 0 Å². The minimum absolute atomic E-state index is 0.175. The monoisotopic (exact) mass is 399 g/mol. The van der Waals surface area contributed by atoms with Crippen LogP contribution in [-0.2, 0) is 11.3 Å². The van der Waals surface area contributed by atoms with Gasteiger partial charge in [0.05, 0.1) is 6.54 Å². The Kier molecular flexibility index (Phi) is 5.99. The molecule has 2 aromatic carbocycles. The van der Waals surface area contributed by atoms with Crippen molar-refractivity contribution in [1.29, 1.82) is 0 Å². The lowest BCUT2D eigenvalue weighted by Gasteiger charge is -2.21. The van der Waals surface area contributed by atoms with Gasteiger partial charge in [-0.05, 0) is 56.7 Å². The van der Waals surface area contributed by atoms with E-state index in [-0.39, 0.29) is 12.5 Å². The van der Waals surface area contributed by atoms with Crippen molar-refractivity contribution in [2.24, 2.45) is 0 Å². The number of nitrogens with zero attached hydrogens (tertiary/aromatic N) is 3. The predicted octanol–water partition coefficient (Wildman–Crippen LogP) is 4.43. The first-order valence-corrected chi connectivity index (χ1v) is 9.28. The first-order valence-electron chi connectivity index (χ1n) is 8.91. The quantitative estimate of drug-likeness (QED) is 0.613. The standard InChI is InChI=1S/C21H22ClN3O3/c1-13-5-10-18(14(2)11-13)27-15(3)21(26)25(4)12-19-23-20(24-28-19)16-6-8-17(22)9-7-16/h5-11,15H,12H2,1-4H3/t15-/m0/s1. The Hall–Kier alpha value is -2.86. The lowest BCUT2D eigenvalue weighted by molar-refractivity contribution is -0.137. The molecule has 3 aromatic rings. The molecule has 0 radical (unpaired) electrons. The normalized spacial score (nSPS) is 11.9. The van der Waals surface area contributed by atoms with Crippen molar-refractivity contribution in [1.82, 2.24) is 15.0 Å². The van der Waals surface area contributed by atoms with E-state index < -0.39 is 6.10 Å². The fraction of sp³-hybridized carbons (Fsp3) is 0.286. The van der Waals surface area contributed by atoms with Gasteiger partial charge in [0, 0.05) is 17.6 Å². The summed E-state index contributed by atoms with van der Waals surface area (Å²) in [7, 11) is 1.68. The van der Waals surface area contributed by atoms with E-state index in [1.165, 1.54) is 4.90 Å². The van der Waals surface area contributed by atoms with E-state index >= 15 is 0 Å². The second kappa shape index (κ2) is 8.44. The second-order valence-electron chi connectivity index (χ2n) is 6.74. The van der Waals surface area contributed by atoms with Crippen LogP contribution < -0.4 is 4.74 Å². The zero-order valence-corrected chi connectivity index (χ0v) is 17.0. The van der Waals surface area contributed by atoms with E-state index in [0.717, 1.165) is 16.7 Å². The lowest BCUT2D eigenvalue weighted by Crippen LogP contribution is -2.37. The maximum absolute atomic E-state index is 12.6. The number of carbonyl (C=O) groups is 1. The van der Waals surface area contributed by atoms with Crippen molar-refractivity contribution in [2.75, 3.05) is 7.05 Å². The van der Waals surface area contributed by atoms with Crippen LogP contribution in [0.25, 0.3) is 11.4 Å². The van der Waals surface area contributed by atoms with E-state index in [1.54, 1.807) is 26.1 Å². The van der Waals surface area contributed by atoms with Crippen molar-refractivity contribution >= 4 is 17.5 Å². The molecule has 0 N–H and O–H groups in total. The molecule has 0 aliphatic rings. The fourth-order valence-electron chi connectivity index (χ4n) is 2.80. The number of hydrogen-bond donors (Lipinski definition) is 0. The minimum Gasteiger partial charge on any atom is -0.481 e. The highest BCUT2D eigenvalue weighted by Gasteiger charge is 2.22. The molecule has 6 nitrogen and oxygen atoms in total. The molecule has 0 spiro atoms. The first kappa shape index (κ1) is 19.9. The summed E-state index contributed by atoms with van der Waals surface area (Å²) in [6.07, 6.45) is -0.634. The van der Waals surface area contributed by atoms with E-state index in [2.05, 4.69) is 10.1 Å². The van der Waals surface area contributed by atoms with Gasteiger partial charge in [-0.3, -0.25) is 4.79 Å². The summed E-state index contributed by atoms with van der Waals surface area (Å²) >= 11 is 5.89. The van der Waals surface area contributed by atoms with Gasteiger partial charge in [0.2, 0.25) is 11.7 Å². The van der Waals surface area contributed by atoms with Gasteiger partial charge in [-0.2, -0.15) is 4.98 Å². The molecule has 1 aromatic heterocycles. The Bertz CT molecular complexity index is 969. The van der Waals surface area contributed by atoms with Crippen molar-refractivity contribution in [2.45, 2.75) is 33.4 Å². The first-order chi connectivity index (χ1) is 13.3. The van der Waals surface area contributed by atoms with Gasteiger partial charge in [-0.1, -0.05) is 34.5 Å². The molecular formula is C21H22ClN3O3. The Balaban J connectivity index is 1.63. The third-order valence-corrected chi connectivity index (χ3v) is 4.55. The molecular weight excluding hydrogens is 378 g/mol. The van der Waals surface area contributed by atoms with E-state index in [9.17, 15) is 4.79 Å². The molecule has 0 saturated carbocycles. The van der Waals surface area contributed by atoms with Gasteiger partial charge in [-0.15, -0.1) is 0 Å². The van der Waals surface area contributed by atoms with Crippen LogP contribution in [0.5, 0.6) is 5.75 Å². The van der Waals surface area contributed by atoms with Crippen LogP contribution in [0, 0.1) is 13.8 Å². The smallest absolute Gasteiger partial charge is 0.263 e. The molecule has 3 rings (SSSR count). The van der Waals surface area contributed by atoms with Crippen molar-refractivity contribution in [3.63, 3.8) is 0 Å². The number of aromatic nitrogens is 2. The number of hydrogen-bond acceptors (Lipinski definition) is 5. The van der Waals surface area contributed by atoms with Gasteiger partial charge in [0.15, 0.2) is 6.10 Å². The summed E-state index contributed by atoms with van der Waals surface area (Å²) in [6, 6.07) is 13.0. The highest BCUT2D eigenvalue weighted by molar-refractivity contribution is 6.30. The zero-order valence-electron chi connectivity index (χ0n) is 16.3. The van der Waals surface area contributed by atoms with Crippen LogP contribution in [0.3, 0.4) is 0 Å². The maximum atomic E-state index is 12.6. The average Bonchev–Trinajstić information content (AvgIpc) is 3.12. The van der Waals surface area contributed by atoms with E-state index in [1.807, 2.05) is 44.2 Å². The van der Waals surface area contributed by atoms with Crippen LogP contribution in [0.1, 0.15) is 23.9 Å². The fourth-order valence-corrected chi connectivity index (χ4v) is 2.92. The van der Waals surface area contributed by atoms with Crippen LogP contribution in [-0.4, -0.2) is 34.1 Å². The summed E-state index contributed by atoms with van der Waals surface area (Å²) in [4.78, 5) is 18.5. The lowest BCUT2D eigenvalue weighted by atomic mass is 10.1. The predicted molar refractivity (Wildman–Crippen MR) is 107 cm³/mol. The summed E-state index contributed by atoms with van der Waals surface area (Å²) in [5.41, 5.74) is 2.93. The van der Waals surface area contributed by atoms with Crippen molar-refractivity contribution in [3.8, 4) is 17.1 Å². The molecule has 7 heteroatoms. The second-order valence-corrected chi connectivity index (χ2v) is 7.18. The highest BCUT2D eigenvalue weighted by Crippen LogP contribution is 2.21. The van der Waals surface area contributed by atoms with Gasteiger partial charge in [0.1, 0.15) is 5.75 Å². The number of ether oxygens (including phenoxy) is 1. The van der Waals surface area contributed by atoms with Gasteiger partial charge >= 0.3 is 0 Å². The summed E-state index contributed by atoms with van der Waals surface area (Å²) in [5.74, 6) is 1.32. The Labute approximate surface area is 169 Å². The van der Waals surface area contributed by atoms with E-state index in [4.69, 9.17) is 20.9 Å². The Morgan fingerprint density at radius 2 is 1.93 bits per heavy atom. The van der Waals surface area contributed by atoms with Crippen LogP contribution in [0.15, 0.2) is 47.0 Å². The number of amides is 1. The average molecular weight is 400 g/mol. The van der Waals surface area contributed by atoms with Crippen molar-refractivity contribution < 1.29 is 14.1 Å². The largest absolute Gasteiger partial charge is 0.481 e. The number of likely N-dealkylation sites (N-methyl/N-ethyl adjacent to an activating group) is 1. The number of rotatable bonds is 6. The molecule has 0 aliphatic carbocycles. The van der Waals surface area contributed by atoms with Crippen LogP contribution in [0.4, 0.5) is 0 Å². The SMILES string of the molecule is Cc1ccc(O[C@@H](C)C(=O)N(C)Cc2nc(-c3ccc(Cl)cc3)no2)c(C)c1. The molecule has 1 heterocycles. The summed E-state index contributed by atoms with van der Waals surface area (Å²) < 4.78 is 11.1. The number of aryl methyl sites for hydroxylation is 2. The minimum atomic E-state index is -0.634. The van der Waals surface area contributed by atoms with E-state index in [0.29, 0.717) is 22.5 Å². The van der Waals surface area contributed by atoms with Crippen LogP contribution in [0.2, 0.25) is 5.02 Å². The molecule has 0 saturated heterocycles. The van der Waals surface area contributed by atoms with Gasteiger partial charge < -0.3 is 14.2 Å². The van der Waals surface area contributed by atoms with Crippen molar-refractivity contribution in [3.05, 3.63) is 64.5 Å². The van der Waals surface area contributed by atoms with Gasteiger partial charge in [0.25, 0.3) is 5.91 Å². The summed E-state index contributed by atoms with van der Waals surface area (Å²) in [6.45, 7) is 5.90. The zero-order chi connectivity index (χ0) is 20.3. The number of carbonyl (C=O) groups excluding carboxylic acids is 1. The summed E-state index contributed by atoms with van der Waals surface area (Å²) in [5, 5.41) is 4.60. The topological polar surface area (TPSA) is 68.5 Å². The number of halogens is 1. The molecule has 0 fully saturated rings. The molecule has 0 bridgehead atoms. The third kappa shape index (κ3) is 4.70. The Morgan fingerprint density at radius 1 is 1.21 bits per heavy atom. The molecule has 0 aliphatic heterocycles. The molecule has 28 heavy (non-hydrogen) atoms. The van der Waals surface area contributed by atoms with Crippen LogP contribution >= 0.6 is 11.6 Å².